The third-order valence-corrected chi connectivity index (χ3v) is 4.46. The fraction of sp³-hybridized carbons (Fsp3) is 0.385. The topological polar surface area (TPSA) is 89.4 Å². The number of rotatable bonds is 4. The van der Waals surface area contributed by atoms with Crippen LogP contribution in [-0.2, 0) is 17.6 Å². The van der Waals surface area contributed by atoms with Gasteiger partial charge in [0.05, 0.1) is 18.1 Å². The molecule has 6 nitrogen and oxygen atoms in total. The van der Waals surface area contributed by atoms with Gasteiger partial charge in [-0.2, -0.15) is 0 Å². The van der Waals surface area contributed by atoms with Crippen molar-refractivity contribution < 1.29 is 19.4 Å². The van der Waals surface area contributed by atoms with Gasteiger partial charge in [0.1, 0.15) is 0 Å². The van der Waals surface area contributed by atoms with Gasteiger partial charge in [0.2, 0.25) is 0 Å². The first-order valence-electron chi connectivity index (χ1n) is 6.21. The molecule has 114 valence electrons. The number of aryl methyl sites for hydroxylation is 2. The minimum atomic E-state index is -0.932. The molecule has 0 saturated heterocycles. The second-order valence-corrected chi connectivity index (χ2v) is 5.63. The van der Waals surface area contributed by atoms with E-state index in [1.165, 1.54) is 29.8 Å². The van der Waals surface area contributed by atoms with E-state index < -0.39 is 5.97 Å². The molecule has 0 atom stereocenters. The highest BCUT2D eigenvalue weighted by molar-refractivity contribution is 7.10. The second kappa shape index (κ2) is 8.48. The van der Waals surface area contributed by atoms with Crippen molar-refractivity contribution in [3.05, 3.63) is 32.2 Å². The van der Waals surface area contributed by atoms with Crippen LogP contribution in [0.15, 0.2) is 11.0 Å². The average Bonchev–Trinajstić information content (AvgIpc) is 3.14. The zero-order chi connectivity index (χ0) is 15.8. The number of thiazole rings is 2. The summed E-state index contributed by atoms with van der Waals surface area (Å²) in [6, 6.07) is 0. The lowest BCUT2D eigenvalue weighted by Gasteiger charge is -1.95. The maximum Gasteiger partial charge on any atom is 0.357 e. The first-order chi connectivity index (χ1) is 10.0. The Bertz CT molecular complexity index is 607. The smallest absolute Gasteiger partial charge is 0.357 e. The van der Waals surface area contributed by atoms with Crippen molar-refractivity contribution in [2.45, 2.75) is 26.7 Å². The summed E-state index contributed by atoms with van der Waals surface area (Å²) in [7, 11) is 1.36. The molecular formula is C13H16N2O4S2. The molecule has 2 aromatic rings. The quantitative estimate of drug-likeness (QED) is 0.868. The molecule has 0 aliphatic carbocycles. The highest BCUT2D eigenvalue weighted by atomic mass is 32.1. The summed E-state index contributed by atoms with van der Waals surface area (Å²) in [5, 5.41) is 8.53. The summed E-state index contributed by atoms with van der Waals surface area (Å²) in [6.45, 7) is 3.90. The fourth-order valence-corrected chi connectivity index (χ4v) is 2.88. The highest BCUT2D eigenvalue weighted by Gasteiger charge is 2.12. The van der Waals surface area contributed by atoms with Gasteiger partial charge in [0, 0.05) is 9.75 Å². The van der Waals surface area contributed by atoms with Crippen LogP contribution in [0.1, 0.15) is 44.6 Å². The Morgan fingerprint density at radius 1 is 1.10 bits per heavy atom. The number of aromatic carboxylic acids is 1. The van der Waals surface area contributed by atoms with Crippen LogP contribution in [0.3, 0.4) is 0 Å². The summed E-state index contributed by atoms with van der Waals surface area (Å²) in [5.74, 6) is -1.28. The molecular weight excluding hydrogens is 312 g/mol. The van der Waals surface area contributed by atoms with E-state index in [1.54, 1.807) is 11.0 Å². The first-order valence-corrected chi connectivity index (χ1v) is 7.97. The number of hydrogen-bond donors (Lipinski definition) is 1. The Morgan fingerprint density at radius 3 is 1.95 bits per heavy atom. The van der Waals surface area contributed by atoms with Crippen LogP contribution in [0.2, 0.25) is 0 Å². The van der Waals surface area contributed by atoms with Crippen molar-refractivity contribution in [1.82, 2.24) is 9.97 Å². The molecule has 0 aliphatic heterocycles. The standard InChI is InChI=1S/C7H9NO2S.C6H7NO2S/c1-3-5-6(7(9)10-2)8-4-11-5;1-2-4-5(6(8)9)7-3-10-4/h4H,3H2,1-2H3;3H,2H2,1H3,(H,8,9). The first kappa shape index (κ1) is 17.3. The summed E-state index contributed by atoms with van der Waals surface area (Å²) in [4.78, 5) is 30.8. The number of carboxylic acids is 1. The number of methoxy groups -OCH3 is 1. The van der Waals surface area contributed by atoms with Gasteiger partial charge in [0.25, 0.3) is 0 Å². The molecule has 2 rings (SSSR count). The van der Waals surface area contributed by atoms with E-state index in [4.69, 9.17) is 5.11 Å². The summed E-state index contributed by atoms with van der Waals surface area (Å²) in [5.41, 5.74) is 3.88. The molecule has 8 heteroatoms. The van der Waals surface area contributed by atoms with Crippen LogP contribution in [0.25, 0.3) is 0 Å². The molecule has 0 amide bonds. The van der Waals surface area contributed by atoms with E-state index in [2.05, 4.69) is 14.7 Å². The zero-order valence-corrected chi connectivity index (χ0v) is 13.6. The predicted molar refractivity (Wildman–Crippen MR) is 81.3 cm³/mol. The van der Waals surface area contributed by atoms with E-state index in [0.717, 1.165) is 22.6 Å². The second-order valence-electron chi connectivity index (χ2n) is 3.75. The molecule has 21 heavy (non-hydrogen) atoms. The number of ether oxygens (including phenoxy) is 1. The maximum atomic E-state index is 11.0. The normalized spacial score (nSPS) is 9.67. The third-order valence-electron chi connectivity index (χ3n) is 2.51. The van der Waals surface area contributed by atoms with Crippen LogP contribution >= 0.6 is 22.7 Å². The van der Waals surface area contributed by atoms with Gasteiger partial charge < -0.3 is 9.84 Å². The summed E-state index contributed by atoms with van der Waals surface area (Å²) >= 11 is 2.87. The lowest BCUT2D eigenvalue weighted by atomic mass is 10.3. The van der Waals surface area contributed by atoms with Crippen molar-refractivity contribution in [1.29, 1.82) is 0 Å². The van der Waals surface area contributed by atoms with Gasteiger partial charge in [-0.05, 0) is 12.8 Å². The van der Waals surface area contributed by atoms with Crippen LogP contribution in [0, 0.1) is 0 Å². The van der Waals surface area contributed by atoms with Crippen LogP contribution in [-0.4, -0.2) is 34.1 Å². The molecule has 0 aromatic carbocycles. The number of esters is 1. The Balaban J connectivity index is 0.000000211. The Morgan fingerprint density at radius 2 is 1.57 bits per heavy atom. The van der Waals surface area contributed by atoms with Crippen molar-refractivity contribution >= 4 is 34.6 Å². The number of carbonyl (C=O) groups excluding carboxylic acids is 1. The van der Waals surface area contributed by atoms with Gasteiger partial charge in [-0.3, -0.25) is 0 Å². The van der Waals surface area contributed by atoms with E-state index >= 15 is 0 Å². The lowest BCUT2D eigenvalue weighted by Crippen LogP contribution is -2.03. The minimum Gasteiger partial charge on any atom is -0.476 e. The molecule has 0 aliphatic rings. The highest BCUT2D eigenvalue weighted by Crippen LogP contribution is 2.14. The van der Waals surface area contributed by atoms with Crippen molar-refractivity contribution in [3.8, 4) is 0 Å². The molecule has 2 aromatic heterocycles. The van der Waals surface area contributed by atoms with Gasteiger partial charge in [0.15, 0.2) is 11.4 Å². The molecule has 0 fully saturated rings. The van der Waals surface area contributed by atoms with Crippen LogP contribution in [0.5, 0.6) is 0 Å². The van der Waals surface area contributed by atoms with E-state index in [0.29, 0.717) is 5.69 Å². The number of carboxylic acid groups (broad SMARTS) is 1. The molecule has 0 radical (unpaired) electrons. The van der Waals surface area contributed by atoms with Gasteiger partial charge in [-0.15, -0.1) is 22.7 Å². The number of aromatic nitrogens is 2. The number of nitrogens with zero attached hydrogens (tertiary/aromatic N) is 2. The summed E-state index contributed by atoms with van der Waals surface area (Å²) < 4.78 is 4.54. The number of hydrogen-bond acceptors (Lipinski definition) is 7. The lowest BCUT2D eigenvalue weighted by molar-refractivity contribution is 0.0593. The predicted octanol–water partition coefficient (Wildman–Crippen LogP) is 2.90. The SMILES string of the molecule is CCc1scnc1C(=O)O.CCc1scnc1C(=O)OC. The maximum absolute atomic E-state index is 11.0. The molecule has 0 spiro atoms. The summed E-state index contributed by atoms with van der Waals surface area (Å²) in [6.07, 6.45) is 1.57. The zero-order valence-electron chi connectivity index (χ0n) is 12.0. The van der Waals surface area contributed by atoms with Crippen molar-refractivity contribution in [3.63, 3.8) is 0 Å². The molecule has 0 saturated carbocycles. The van der Waals surface area contributed by atoms with Crippen LogP contribution in [0.4, 0.5) is 0 Å². The van der Waals surface area contributed by atoms with Gasteiger partial charge in [-0.1, -0.05) is 13.8 Å². The monoisotopic (exact) mass is 328 g/mol. The minimum absolute atomic E-state index is 0.201. The van der Waals surface area contributed by atoms with E-state index in [-0.39, 0.29) is 11.7 Å². The van der Waals surface area contributed by atoms with Crippen LogP contribution < -0.4 is 0 Å². The van der Waals surface area contributed by atoms with Crippen molar-refractivity contribution in [2.75, 3.05) is 7.11 Å². The number of carbonyl (C=O) groups is 2. The molecule has 1 N–H and O–H groups in total. The van der Waals surface area contributed by atoms with Gasteiger partial charge in [-0.25, -0.2) is 19.6 Å². The van der Waals surface area contributed by atoms with Gasteiger partial charge >= 0.3 is 11.9 Å². The average molecular weight is 328 g/mol. The van der Waals surface area contributed by atoms with E-state index in [9.17, 15) is 9.59 Å². The Kier molecular flexibility index (Phi) is 6.97. The Labute approximate surface area is 130 Å². The largest absolute Gasteiger partial charge is 0.476 e. The Hall–Kier alpha value is -1.80. The van der Waals surface area contributed by atoms with Crippen molar-refractivity contribution in [2.24, 2.45) is 0 Å². The molecule has 0 bridgehead atoms. The fourth-order valence-electron chi connectivity index (χ4n) is 1.48. The third kappa shape index (κ3) is 4.61. The van der Waals surface area contributed by atoms with E-state index in [1.807, 2.05) is 13.8 Å². The molecule has 2 heterocycles. The molecule has 0 unspecified atom stereocenters.